The first-order chi connectivity index (χ1) is 12.1. The Morgan fingerprint density at radius 1 is 1.04 bits per heavy atom. The second kappa shape index (κ2) is 9.82. The van der Waals surface area contributed by atoms with Gasteiger partial charge in [0.15, 0.2) is 11.5 Å². The van der Waals surface area contributed by atoms with Gasteiger partial charge in [-0.1, -0.05) is 68.3 Å². The minimum atomic E-state index is -0.347. The third-order valence-electron chi connectivity index (χ3n) is 3.79. The van der Waals surface area contributed by atoms with Gasteiger partial charge in [-0.05, 0) is 29.7 Å². The van der Waals surface area contributed by atoms with Crippen LogP contribution in [0.2, 0.25) is 0 Å². The molecule has 0 bridgehead atoms. The van der Waals surface area contributed by atoms with E-state index < -0.39 is 0 Å². The number of rotatable bonds is 8. The van der Waals surface area contributed by atoms with Gasteiger partial charge in [0.2, 0.25) is 5.91 Å². The second-order valence-corrected chi connectivity index (χ2v) is 7.42. The number of methoxy groups -OCH3 is 2. The largest absolute Gasteiger partial charge is 0.493 e. The average Bonchev–Trinajstić information content (AvgIpc) is 2.67. The lowest BCUT2D eigenvalue weighted by atomic mass is 10.1. The molecule has 0 saturated carbocycles. The Balaban J connectivity index is 1.87. The lowest BCUT2D eigenvalue weighted by Gasteiger charge is -2.17. The van der Waals surface area contributed by atoms with E-state index in [1.54, 1.807) is 14.2 Å². The van der Waals surface area contributed by atoms with Crippen LogP contribution in [-0.2, 0) is 11.2 Å². The van der Waals surface area contributed by atoms with E-state index in [1.807, 2.05) is 48.5 Å². The number of halogens is 2. The van der Waals surface area contributed by atoms with Gasteiger partial charge in [-0.25, -0.2) is 0 Å². The highest BCUT2D eigenvalue weighted by Crippen LogP contribution is 2.31. The molecule has 2 aromatic rings. The number of hydrogen-bond donors (Lipinski definition) is 1. The molecule has 0 aliphatic rings. The van der Waals surface area contributed by atoms with Crippen molar-refractivity contribution in [3.8, 4) is 11.5 Å². The van der Waals surface area contributed by atoms with Crippen molar-refractivity contribution in [3.05, 3.63) is 59.7 Å². The molecule has 0 unspecified atom stereocenters. The van der Waals surface area contributed by atoms with Crippen LogP contribution in [0, 0.1) is 0 Å². The Hall–Kier alpha value is -1.53. The van der Waals surface area contributed by atoms with Gasteiger partial charge in [-0.2, -0.15) is 0 Å². The lowest BCUT2D eigenvalue weighted by molar-refractivity contribution is -0.120. The highest BCUT2D eigenvalue weighted by atomic mass is 79.9. The van der Waals surface area contributed by atoms with Crippen LogP contribution in [0.4, 0.5) is 0 Å². The molecule has 2 atom stereocenters. The molecule has 25 heavy (non-hydrogen) atoms. The van der Waals surface area contributed by atoms with Crippen LogP contribution in [0.25, 0.3) is 0 Å². The Bertz CT molecular complexity index is 694. The Labute approximate surface area is 165 Å². The van der Waals surface area contributed by atoms with Gasteiger partial charge in [0.05, 0.1) is 19.0 Å². The number of amides is 1. The van der Waals surface area contributed by atoms with Gasteiger partial charge in [0.1, 0.15) is 4.83 Å². The SMILES string of the molecule is COc1ccc(CCNC(=O)[C@@H](Br)[C@@H](Br)c2ccccc2)cc1OC. The molecule has 1 amide bonds. The van der Waals surface area contributed by atoms with Gasteiger partial charge in [0.25, 0.3) is 0 Å². The maximum Gasteiger partial charge on any atom is 0.235 e. The van der Waals surface area contributed by atoms with Gasteiger partial charge in [-0.15, -0.1) is 0 Å². The van der Waals surface area contributed by atoms with E-state index in [1.165, 1.54) is 0 Å². The van der Waals surface area contributed by atoms with E-state index in [4.69, 9.17) is 9.47 Å². The summed E-state index contributed by atoms with van der Waals surface area (Å²) < 4.78 is 10.5. The number of ether oxygens (including phenoxy) is 2. The summed E-state index contributed by atoms with van der Waals surface area (Å²) in [6.45, 7) is 0.547. The summed E-state index contributed by atoms with van der Waals surface area (Å²) in [6.07, 6.45) is 0.712. The summed E-state index contributed by atoms with van der Waals surface area (Å²) in [5.74, 6) is 1.33. The normalized spacial score (nSPS) is 13.0. The van der Waals surface area contributed by atoms with Crippen LogP contribution >= 0.6 is 31.9 Å². The number of benzene rings is 2. The average molecular weight is 471 g/mol. The molecule has 0 saturated heterocycles. The minimum Gasteiger partial charge on any atom is -0.493 e. The second-order valence-electron chi connectivity index (χ2n) is 5.44. The predicted molar refractivity (Wildman–Crippen MR) is 107 cm³/mol. The van der Waals surface area contributed by atoms with Crippen molar-refractivity contribution in [2.75, 3.05) is 20.8 Å². The van der Waals surface area contributed by atoms with Crippen molar-refractivity contribution in [1.29, 1.82) is 0 Å². The zero-order chi connectivity index (χ0) is 18.2. The predicted octanol–water partition coefficient (Wildman–Crippen LogP) is 4.26. The molecule has 0 radical (unpaired) electrons. The van der Waals surface area contributed by atoms with E-state index in [-0.39, 0.29) is 15.6 Å². The highest BCUT2D eigenvalue weighted by molar-refractivity contribution is 9.12. The van der Waals surface area contributed by atoms with Crippen LogP contribution in [0.3, 0.4) is 0 Å². The van der Waals surface area contributed by atoms with Crippen LogP contribution < -0.4 is 14.8 Å². The topological polar surface area (TPSA) is 47.6 Å². The maximum atomic E-state index is 12.3. The lowest BCUT2D eigenvalue weighted by Crippen LogP contribution is -2.34. The standard InChI is InChI=1S/C19H21Br2NO3/c1-24-15-9-8-13(12-16(15)25-2)10-11-22-19(23)18(21)17(20)14-6-4-3-5-7-14/h3-9,12,17-18H,10-11H2,1-2H3,(H,22,23)/t17-,18-/m0/s1. The monoisotopic (exact) mass is 469 g/mol. The molecule has 2 rings (SSSR count). The first kappa shape index (κ1) is 19.8. The van der Waals surface area contributed by atoms with E-state index in [0.717, 1.165) is 11.1 Å². The molecule has 0 aliphatic heterocycles. The van der Waals surface area contributed by atoms with Crippen LogP contribution in [0.5, 0.6) is 11.5 Å². The molecule has 134 valence electrons. The van der Waals surface area contributed by atoms with Gasteiger partial charge >= 0.3 is 0 Å². The highest BCUT2D eigenvalue weighted by Gasteiger charge is 2.24. The molecular weight excluding hydrogens is 450 g/mol. The number of nitrogens with one attached hydrogen (secondary N) is 1. The fourth-order valence-corrected chi connectivity index (χ4v) is 3.41. The third-order valence-corrected chi connectivity index (χ3v) is 6.50. The minimum absolute atomic E-state index is 0.0498. The van der Waals surface area contributed by atoms with E-state index in [2.05, 4.69) is 37.2 Å². The zero-order valence-electron chi connectivity index (χ0n) is 14.2. The van der Waals surface area contributed by atoms with E-state index in [0.29, 0.717) is 24.5 Å². The summed E-state index contributed by atoms with van der Waals surface area (Å²) in [5.41, 5.74) is 2.13. The molecular formula is C19H21Br2NO3. The van der Waals surface area contributed by atoms with E-state index in [9.17, 15) is 4.79 Å². The van der Waals surface area contributed by atoms with Crippen molar-refractivity contribution in [1.82, 2.24) is 5.32 Å². The first-order valence-electron chi connectivity index (χ1n) is 7.88. The number of hydrogen-bond acceptors (Lipinski definition) is 3. The molecule has 0 fully saturated rings. The summed E-state index contributed by atoms with van der Waals surface area (Å²) in [7, 11) is 3.22. The van der Waals surface area contributed by atoms with Crippen molar-refractivity contribution in [2.24, 2.45) is 0 Å². The van der Waals surface area contributed by atoms with Crippen molar-refractivity contribution in [2.45, 2.75) is 16.1 Å². The molecule has 4 nitrogen and oxygen atoms in total. The van der Waals surface area contributed by atoms with Crippen LogP contribution in [0.1, 0.15) is 16.0 Å². The number of carbonyl (C=O) groups is 1. The van der Waals surface area contributed by atoms with Crippen molar-refractivity contribution in [3.63, 3.8) is 0 Å². The quantitative estimate of drug-likeness (QED) is 0.586. The van der Waals surface area contributed by atoms with Crippen molar-refractivity contribution >= 4 is 37.8 Å². The smallest absolute Gasteiger partial charge is 0.235 e. The van der Waals surface area contributed by atoms with Gasteiger partial charge in [0, 0.05) is 6.54 Å². The fourth-order valence-electron chi connectivity index (χ4n) is 2.40. The summed E-state index contributed by atoms with van der Waals surface area (Å²) in [6, 6.07) is 15.6. The molecule has 0 spiro atoms. The molecule has 0 heterocycles. The molecule has 1 N–H and O–H groups in total. The zero-order valence-corrected chi connectivity index (χ0v) is 17.3. The first-order valence-corrected chi connectivity index (χ1v) is 9.71. The summed E-state index contributed by atoms with van der Waals surface area (Å²) in [4.78, 5) is 11.9. The summed E-state index contributed by atoms with van der Waals surface area (Å²) >= 11 is 7.06. The Kier molecular flexibility index (Phi) is 7.78. The summed E-state index contributed by atoms with van der Waals surface area (Å²) in [5, 5.41) is 2.96. The number of carbonyl (C=O) groups excluding carboxylic acids is 1. The Morgan fingerprint density at radius 2 is 1.72 bits per heavy atom. The molecule has 0 aliphatic carbocycles. The Morgan fingerprint density at radius 3 is 2.36 bits per heavy atom. The molecule has 0 aromatic heterocycles. The third kappa shape index (κ3) is 5.47. The van der Waals surface area contributed by atoms with Crippen LogP contribution in [0.15, 0.2) is 48.5 Å². The van der Waals surface area contributed by atoms with Gasteiger partial charge in [-0.3, -0.25) is 4.79 Å². The molecule has 2 aromatic carbocycles. The fraction of sp³-hybridized carbons (Fsp3) is 0.316. The van der Waals surface area contributed by atoms with E-state index >= 15 is 0 Å². The number of alkyl halides is 2. The van der Waals surface area contributed by atoms with Gasteiger partial charge < -0.3 is 14.8 Å². The molecule has 6 heteroatoms. The van der Waals surface area contributed by atoms with Crippen molar-refractivity contribution < 1.29 is 14.3 Å². The van der Waals surface area contributed by atoms with Crippen LogP contribution in [-0.4, -0.2) is 31.5 Å². The maximum absolute atomic E-state index is 12.3.